The Labute approximate surface area is 123 Å². The van der Waals surface area contributed by atoms with Crippen molar-refractivity contribution in [1.82, 2.24) is 9.78 Å². The molecule has 6 heteroatoms. The van der Waals surface area contributed by atoms with Crippen molar-refractivity contribution >= 4 is 11.7 Å². The molecule has 0 unspecified atom stereocenters. The van der Waals surface area contributed by atoms with E-state index in [0.29, 0.717) is 31.0 Å². The van der Waals surface area contributed by atoms with Crippen molar-refractivity contribution < 1.29 is 14.3 Å². The molecule has 2 aromatic rings. The maximum Gasteiger partial charge on any atom is 0.341 e. The summed E-state index contributed by atoms with van der Waals surface area (Å²) in [6.07, 6.45) is 3.97. The van der Waals surface area contributed by atoms with E-state index in [1.807, 2.05) is 18.2 Å². The third-order valence-electron chi connectivity index (χ3n) is 2.80. The predicted octanol–water partition coefficient (Wildman–Crippen LogP) is 2.11. The number of aryl methyl sites for hydroxylation is 1. The van der Waals surface area contributed by atoms with E-state index in [4.69, 9.17) is 15.2 Å². The Hall–Kier alpha value is -2.50. The van der Waals surface area contributed by atoms with Gasteiger partial charge in [0.2, 0.25) is 0 Å². The summed E-state index contributed by atoms with van der Waals surface area (Å²) in [6.45, 7) is 3.35. The lowest BCUT2D eigenvalue weighted by atomic mass is 10.3. The van der Waals surface area contributed by atoms with E-state index in [2.05, 4.69) is 5.10 Å². The zero-order valence-electron chi connectivity index (χ0n) is 12.0. The van der Waals surface area contributed by atoms with Crippen LogP contribution in [0.25, 0.3) is 0 Å². The number of hydrogen-bond donors (Lipinski definition) is 1. The van der Waals surface area contributed by atoms with E-state index in [1.54, 1.807) is 23.9 Å². The molecule has 0 spiro atoms. The third-order valence-corrected chi connectivity index (χ3v) is 2.80. The molecule has 0 bridgehead atoms. The Bertz CT molecular complexity index is 595. The number of hydrogen-bond acceptors (Lipinski definition) is 5. The maximum atomic E-state index is 11.5. The zero-order valence-corrected chi connectivity index (χ0v) is 12.0. The van der Waals surface area contributed by atoms with Gasteiger partial charge in [-0.05, 0) is 19.1 Å². The topological polar surface area (TPSA) is 79.4 Å². The molecule has 0 saturated carbocycles. The Kier molecular flexibility index (Phi) is 5.20. The van der Waals surface area contributed by atoms with Gasteiger partial charge in [-0.3, -0.25) is 4.68 Å². The van der Waals surface area contributed by atoms with Gasteiger partial charge in [0.1, 0.15) is 5.75 Å². The molecule has 0 atom stereocenters. The highest BCUT2D eigenvalue weighted by Gasteiger charge is 2.08. The molecular weight excluding hydrogens is 270 g/mol. The quantitative estimate of drug-likeness (QED) is 0.480. The number of ether oxygens (including phenoxy) is 2. The van der Waals surface area contributed by atoms with Crippen LogP contribution in [0.3, 0.4) is 0 Å². The molecule has 2 N–H and O–H groups in total. The van der Waals surface area contributed by atoms with Crippen molar-refractivity contribution in [3.05, 3.63) is 42.2 Å². The summed E-state index contributed by atoms with van der Waals surface area (Å²) >= 11 is 0. The molecular formula is C15H19N3O3. The van der Waals surface area contributed by atoms with Gasteiger partial charge in [0.15, 0.2) is 0 Å². The summed E-state index contributed by atoms with van der Waals surface area (Å²) in [7, 11) is 0. The van der Waals surface area contributed by atoms with Gasteiger partial charge < -0.3 is 15.2 Å². The largest absolute Gasteiger partial charge is 0.493 e. The van der Waals surface area contributed by atoms with Gasteiger partial charge in [-0.1, -0.05) is 6.07 Å². The molecule has 2 rings (SSSR count). The lowest BCUT2D eigenvalue weighted by molar-refractivity contribution is 0.0526. The molecule has 0 aliphatic heterocycles. The van der Waals surface area contributed by atoms with Crippen LogP contribution in [0.15, 0.2) is 36.7 Å². The Balaban J connectivity index is 1.75. The number of nitrogens with two attached hydrogens (primary N) is 1. The van der Waals surface area contributed by atoms with Gasteiger partial charge in [-0.15, -0.1) is 0 Å². The molecule has 1 heterocycles. The van der Waals surface area contributed by atoms with Crippen molar-refractivity contribution in [2.24, 2.45) is 0 Å². The first-order chi connectivity index (χ1) is 10.2. The number of rotatable bonds is 7. The Morgan fingerprint density at radius 2 is 2.29 bits per heavy atom. The fraction of sp³-hybridized carbons (Fsp3) is 0.333. The summed E-state index contributed by atoms with van der Waals surface area (Å²) in [5.74, 6) is 0.405. The van der Waals surface area contributed by atoms with Gasteiger partial charge in [0.05, 0.1) is 25.0 Å². The van der Waals surface area contributed by atoms with Gasteiger partial charge in [0.25, 0.3) is 0 Å². The van der Waals surface area contributed by atoms with Crippen LogP contribution in [0.2, 0.25) is 0 Å². The number of anilines is 1. The number of nitrogen functional groups attached to an aromatic ring is 1. The number of carbonyl (C=O) groups excluding carboxylic acids is 1. The smallest absolute Gasteiger partial charge is 0.341 e. The first kappa shape index (κ1) is 14.9. The van der Waals surface area contributed by atoms with Crippen LogP contribution >= 0.6 is 0 Å². The molecule has 0 fully saturated rings. The summed E-state index contributed by atoms with van der Waals surface area (Å²) in [4.78, 5) is 11.5. The molecule has 0 saturated heterocycles. The highest BCUT2D eigenvalue weighted by molar-refractivity contribution is 5.88. The molecule has 0 aliphatic rings. The molecule has 0 aliphatic carbocycles. The summed E-state index contributed by atoms with van der Waals surface area (Å²) in [6, 6.07) is 7.31. The van der Waals surface area contributed by atoms with E-state index < -0.39 is 0 Å². The minimum atomic E-state index is -0.347. The molecule has 1 aromatic carbocycles. The van der Waals surface area contributed by atoms with Crippen LogP contribution in [0, 0.1) is 0 Å². The standard InChI is InChI=1S/C15H19N3O3/c1-2-20-15(19)12-10-17-18(11-12)7-4-8-21-14-6-3-5-13(16)9-14/h3,5-6,9-11H,2,4,7-8,16H2,1H3. The summed E-state index contributed by atoms with van der Waals surface area (Å²) < 4.78 is 12.2. The number of aromatic nitrogens is 2. The average molecular weight is 289 g/mol. The number of benzene rings is 1. The van der Waals surface area contributed by atoms with Crippen molar-refractivity contribution in [2.45, 2.75) is 19.9 Å². The predicted molar refractivity (Wildman–Crippen MR) is 79.1 cm³/mol. The van der Waals surface area contributed by atoms with E-state index >= 15 is 0 Å². The van der Waals surface area contributed by atoms with Crippen LogP contribution in [0.1, 0.15) is 23.7 Å². The van der Waals surface area contributed by atoms with Crippen molar-refractivity contribution in [2.75, 3.05) is 18.9 Å². The van der Waals surface area contributed by atoms with Crippen LogP contribution in [-0.4, -0.2) is 29.0 Å². The number of esters is 1. The number of nitrogens with zero attached hydrogens (tertiary/aromatic N) is 2. The van der Waals surface area contributed by atoms with E-state index in [0.717, 1.165) is 12.2 Å². The zero-order chi connectivity index (χ0) is 15.1. The first-order valence-electron chi connectivity index (χ1n) is 6.87. The maximum absolute atomic E-state index is 11.5. The van der Waals surface area contributed by atoms with Crippen molar-refractivity contribution in [3.8, 4) is 5.75 Å². The fourth-order valence-corrected chi connectivity index (χ4v) is 1.83. The second-order valence-corrected chi connectivity index (χ2v) is 4.49. The minimum absolute atomic E-state index is 0.347. The second kappa shape index (κ2) is 7.33. The summed E-state index contributed by atoms with van der Waals surface area (Å²) in [5, 5.41) is 4.12. The fourth-order valence-electron chi connectivity index (χ4n) is 1.83. The van der Waals surface area contributed by atoms with E-state index in [9.17, 15) is 4.79 Å². The molecule has 21 heavy (non-hydrogen) atoms. The normalized spacial score (nSPS) is 10.3. The molecule has 0 radical (unpaired) electrons. The van der Waals surface area contributed by atoms with Crippen molar-refractivity contribution in [1.29, 1.82) is 0 Å². The highest BCUT2D eigenvalue weighted by atomic mass is 16.5. The average Bonchev–Trinajstić information content (AvgIpc) is 2.93. The Morgan fingerprint density at radius 3 is 3.05 bits per heavy atom. The van der Waals surface area contributed by atoms with E-state index in [1.165, 1.54) is 6.20 Å². The van der Waals surface area contributed by atoms with Gasteiger partial charge in [-0.2, -0.15) is 5.10 Å². The highest BCUT2D eigenvalue weighted by Crippen LogP contribution is 2.14. The second-order valence-electron chi connectivity index (χ2n) is 4.49. The van der Waals surface area contributed by atoms with Gasteiger partial charge in [-0.25, -0.2) is 4.79 Å². The van der Waals surface area contributed by atoms with Gasteiger partial charge >= 0.3 is 5.97 Å². The summed E-state index contributed by atoms with van der Waals surface area (Å²) in [5.41, 5.74) is 6.82. The number of carbonyl (C=O) groups is 1. The van der Waals surface area contributed by atoms with Crippen molar-refractivity contribution in [3.63, 3.8) is 0 Å². The van der Waals surface area contributed by atoms with Crippen LogP contribution < -0.4 is 10.5 Å². The van der Waals surface area contributed by atoms with Crippen LogP contribution in [-0.2, 0) is 11.3 Å². The first-order valence-corrected chi connectivity index (χ1v) is 6.87. The van der Waals surface area contributed by atoms with Gasteiger partial charge in [0, 0.05) is 30.9 Å². The molecule has 0 amide bonds. The third kappa shape index (κ3) is 4.52. The minimum Gasteiger partial charge on any atom is -0.493 e. The lowest BCUT2D eigenvalue weighted by Crippen LogP contribution is -2.06. The monoisotopic (exact) mass is 289 g/mol. The Morgan fingerprint density at radius 1 is 1.43 bits per heavy atom. The lowest BCUT2D eigenvalue weighted by Gasteiger charge is -2.06. The SMILES string of the molecule is CCOC(=O)c1cnn(CCCOc2cccc(N)c2)c1. The molecule has 112 valence electrons. The van der Waals surface area contributed by atoms with Crippen LogP contribution in [0.4, 0.5) is 5.69 Å². The molecule has 1 aromatic heterocycles. The van der Waals surface area contributed by atoms with Crippen LogP contribution in [0.5, 0.6) is 5.75 Å². The molecule has 6 nitrogen and oxygen atoms in total. The van der Waals surface area contributed by atoms with E-state index in [-0.39, 0.29) is 5.97 Å².